The number of aromatic nitrogens is 1. The van der Waals surface area contributed by atoms with Crippen LogP contribution >= 0.6 is 35.1 Å². The molecule has 1 aliphatic heterocycles. The van der Waals surface area contributed by atoms with Gasteiger partial charge in [0.05, 0.1) is 13.0 Å². The summed E-state index contributed by atoms with van der Waals surface area (Å²) in [6, 6.07) is 22.8. The normalized spacial score (nSPS) is 21.6. The predicted octanol–water partition coefficient (Wildman–Crippen LogP) is 7.11. The van der Waals surface area contributed by atoms with E-state index in [9.17, 15) is 4.79 Å². The third kappa shape index (κ3) is 3.98. The van der Waals surface area contributed by atoms with Crippen molar-refractivity contribution >= 4 is 46.7 Å². The van der Waals surface area contributed by atoms with Crippen LogP contribution in [0, 0.1) is 12.8 Å². The number of esters is 1. The lowest BCUT2D eigenvalue weighted by Crippen LogP contribution is -2.44. The smallest absolute Gasteiger partial charge is 0.313 e. The topological polar surface area (TPSA) is 39.2 Å². The molecule has 6 heteroatoms. The number of hydrogen-bond acceptors (Lipinski definition) is 5. The number of carbonyl (C=O) groups excluding carboxylic acids is 1. The van der Waals surface area contributed by atoms with Crippen LogP contribution in [-0.4, -0.2) is 29.6 Å². The highest BCUT2D eigenvalue weighted by Crippen LogP contribution is 2.67. The van der Waals surface area contributed by atoms with Crippen molar-refractivity contribution in [1.29, 1.82) is 0 Å². The zero-order valence-electron chi connectivity index (χ0n) is 19.2. The molecule has 0 bridgehead atoms. The fourth-order valence-electron chi connectivity index (χ4n) is 5.18. The number of pyridine rings is 1. The number of rotatable bonds is 5. The van der Waals surface area contributed by atoms with Gasteiger partial charge in [0.1, 0.15) is 9.23 Å². The molecule has 2 aromatic carbocycles. The van der Waals surface area contributed by atoms with Gasteiger partial charge in [0.15, 0.2) is 0 Å². The first kappa shape index (κ1) is 23.5. The first-order valence-electron chi connectivity index (χ1n) is 11.4. The summed E-state index contributed by atoms with van der Waals surface area (Å²) in [6.45, 7) is 2.12. The fourth-order valence-corrected chi connectivity index (χ4v) is 8.89. The predicted molar refractivity (Wildman–Crippen MR) is 143 cm³/mol. The first-order chi connectivity index (χ1) is 16.6. The Kier molecular flexibility index (Phi) is 6.79. The van der Waals surface area contributed by atoms with Crippen LogP contribution in [0.15, 0.2) is 78.5 Å². The summed E-state index contributed by atoms with van der Waals surface area (Å²) < 4.78 is 5.00. The molecule has 1 aliphatic carbocycles. The molecule has 3 aromatic rings. The number of halogens is 1. The second-order valence-electron chi connectivity index (χ2n) is 8.56. The van der Waals surface area contributed by atoms with Gasteiger partial charge in [-0.05, 0) is 70.4 Å². The Bertz CT molecular complexity index is 1240. The second kappa shape index (κ2) is 9.80. The van der Waals surface area contributed by atoms with Crippen molar-refractivity contribution in [3.63, 3.8) is 0 Å². The van der Waals surface area contributed by atoms with Crippen LogP contribution in [0.3, 0.4) is 0 Å². The molecule has 2 aliphatic rings. The van der Waals surface area contributed by atoms with Crippen LogP contribution in [0.4, 0.5) is 0 Å². The molecule has 0 amide bonds. The molecule has 0 unspecified atom stereocenters. The third-order valence-corrected chi connectivity index (χ3v) is 10.3. The molecular formula is C28H26ClNO2S2. The van der Waals surface area contributed by atoms with Crippen molar-refractivity contribution in [2.24, 2.45) is 5.92 Å². The maximum Gasteiger partial charge on any atom is 0.313 e. The first-order valence-corrected chi connectivity index (χ1v) is 13.7. The van der Waals surface area contributed by atoms with E-state index < -0.39 is 4.08 Å². The van der Waals surface area contributed by atoms with Crippen LogP contribution in [0.2, 0.25) is 5.15 Å². The number of ether oxygens (including phenoxy) is 1. The summed E-state index contributed by atoms with van der Waals surface area (Å²) >= 11 is 10.2. The summed E-state index contributed by atoms with van der Waals surface area (Å²) in [5.74, 6) is 1.41. The number of carbonyl (C=O) groups is 1. The molecule has 1 saturated heterocycles. The van der Waals surface area contributed by atoms with Crippen LogP contribution in [0.5, 0.6) is 0 Å². The van der Waals surface area contributed by atoms with Gasteiger partial charge >= 0.3 is 5.97 Å². The molecule has 2 atom stereocenters. The minimum atomic E-state index is -0.423. The molecule has 1 fully saturated rings. The minimum Gasteiger partial charge on any atom is -0.469 e. The number of hydrogen-bond donors (Lipinski definition) is 0. The van der Waals surface area contributed by atoms with Crippen molar-refractivity contribution < 1.29 is 9.53 Å². The van der Waals surface area contributed by atoms with E-state index in [0.29, 0.717) is 5.15 Å². The highest BCUT2D eigenvalue weighted by atomic mass is 35.5. The summed E-state index contributed by atoms with van der Waals surface area (Å²) in [5.41, 5.74) is 6.95. The summed E-state index contributed by atoms with van der Waals surface area (Å²) in [7, 11) is 1.49. The van der Waals surface area contributed by atoms with Gasteiger partial charge in [-0.25, -0.2) is 4.98 Å². The van der Waals surface area contributed by atoms with E-state index in [2.05, 4.69) is 54.4 Å². The van der Waals surface area contributed by atoms with E-state index >= 15 is 0 Å². The average Bonchev–Trinajstić information content (AvgIpc) is 2.86. The lowest BCUT2D eigenvalue weighted by Gasteiger charge is -2.51. The molecule has 34 heavy (non-hydrogen) atoms. The Morgan fingerprint density at radius 1 is 1.06 bits per heavy atom. The number of aryl methyl sites for hydroxylation is 1. The number of nitrogens with zero attached hydrogens (tertiary/aromatic N) is 1. The maximum absolute atomic E-state index is 13.4. The molecule has 174 valence electrons. The molecule has 0 N–H and O–H groups in total. The highest BCUT2D eigenvalue weighted by molar-refractivity contribution is 8.18. The van der Waals surface area contributed by atoms with Gasteiger partial charge in [0, 0.05) is 12.1 Å². The molecule has 0 saturated carbocycles. The minimum absolute atomic E-state index is 0.0663. The van der Waals surface area contributed by atoms with Gasteiger partial charge < -0.3 is 4.74 Å². The molecule has 0 radical (unpaired) electrons. The van der Waals surface area contributed by atoms with E-state index in [1.807, 2.05) is 47.8 Å². The monoisotopic (exact) mass is 507 g/mol. The quantitative estimate of drug-likeness (QED) is 0.272. The fraction of sp³-hybridized carbons (Fsp3) is 0.286. The van der Waals surface area contributed by atoms with Crippen molar-refractivity contribution in [1.82, 2.24) is 4.98 Å². The molecule has 3 nitrogen and oxygen atoms in total. The Labute approximate surface area is 214 Å². The number of methoxy groups -OCH3 is 1. The number of benzene rings is 2. The van der Waals surface area contributed by atoms with Gasteiger partial charge in [-0.3, -0.25) is 4.79 Å². The molecule has 5 rings (SSSR count). The molecule has 2 heterocycles. The van der Waals surface area contributed by atoms with E-state index in [4.69, 9.17) is 16.3 Å². The molecule has 0 spiro atoms. The van der Waals surface area contributed by atoms with Crippen molar-refractivity contribution in [2.45, 2.75) is 23.3 Å². The van der Waals surface area contributed by atoms with Crippen LogP contribution < -0.4 is 0 Å². The maximum atomic E-state index is 13.4. The average molecular weight is 508 g/mol. The Morgan fingerprint density at radius 3 is 2.44 bits per heavy atom. The SMILES string of the molecule is COC(=O)[C@@H]1C(C2(c3ccnc(Cl)c3)SCCCS2)=C(c2ccccc2)[C@H]1c1ccccc1C. The summed E-state index contributed by atoms with van der Waals surface area (Å²) in [6.07, 6.45) is 2.90. The number of allylic oxidation sites excluding steroid dienone is 1. The van der Waals surface area contributed by atoms with Crippen molar-refractivity contribution in [2.75, 3.05) is 18.6 Å². The van der Waals surface area contributed by atoms with Crippen molar-refractivity contribution in [3.8, 4) is 0 Å². The Hall–Kier alpha value is -2.21. The van der Waals surface area contributed by atoms with Crippen molar-refractivity contribution in [3.05, 3.63) is 106 Å². The van der Waals surface area contributed by atoms with Gasteiger partial charge in [0.2, 0.25) is 0 Å². The summed E-state index contributed by atoms with van der Waals surface area (Å²) in [4.78, 5) is 17.7. The van der Waals surface area contributed by atoms with Gasteiger partial charge in [0.25, 0.3) is 0 Å². The van der Waals surface area contributed by atoms with Gasteiger partial charge in [-0.2, -0.15) is 0 Å². The highest BCUT2D eigenvalue weighted by Gasteiger charge is 2.56. The zero-order chi connectivity index (χ0) is 23.7. The summed E-state index contributed by atoms with van der Waals surface area (Å²) in [5, 5.41) is 0.468. The lowest BCUT2D eigenvalue weighted by molar-refractivity contribution is -0.145. The standard InChI is InChI=1S/C28H26ClNO2S2/c1-18-9-6-7-12-21(18)24-23(19-10-4-3-5-11-19)26(25(24)27(31)32-2)28(33-15-8-16-34-28)20-13-14-30-22(29)17-20/h3-7,9-14,17,24-25H,8,15-16H2,1-2H3/t24-,25+/m1/s1. The largest absolute Gasteiger partial charge is 0.469 e. The van der Waals surface area contributed by atoms with Crippen LogP contribution in [0.25, 0.3) is 5.57 Å². The Balaban J connectivity index is 1.81. The number of thioether (sulfide) groups is 2. The third-order valence-electron chi connectivity index (χ3n) is 6.67. The Morgan fingerprint density at radius 2 is 1.76 bits per heavy atom. The van der Waals surface area contributed by atoms with Gasteiger partial charge in [-0.15, -0.1) is 23.5 Å². The van der Waals surface area contributed by atoms with E-state index in [-0.39, 0.29) is 17.8 Å². The van der Waals surface area contributed by atoms with E-state index in [1.54, 1.807) is 6.20 Å². The molecular weight excluding hydrogens is 482 g/mol. The van der Waals surface area contributed by atoms with E-state index in [1.165, 1.54) is 23.8 Å². The molecule has 1 aromatic heterocycles. The van der Waals surface area contributed by atoms with E-state index in [0.717, 1.165) is 34.6 Å². The zero-order valence-corrected chi connectivity index (χ0v) is 21.6. The second-order valence-corrected chi connectivity index (χ2v) is 11.8. The van der Waals surface area contributed by atoms with Gasteiger partial charge in [-0.1, -0.05) is 66.2 Å². The van der Waals surface area contributed by atoms with Crippen LogP contribution in [0.1, 0.15) is 34.6 Å². The lowest BCUT2D eigenvalue weighted by atomic mass is 9.60. The van der Waals surface area contributed by atoms with Crippen LogP contribution in [-0.2, 0) is 13.6 Å².